The van der Waals surface area contributed by atoms with Crippen molar-refractivity contribution in [2.45, 2.75) is 54.4 Å². The Kier molecular flexibility index (Phi) is 4.99. The Hall–Kier alpha value is 0.480. The van der Waals surface area contributed by atoms with Crippen LogP contribution in [0, 0.1) is 16.7 Å². The lowest BCUT2D eigenvalue weighted by Crippen LogP contribution is -2.23. The Labute approximate surface area is 92.6 Å². The van der Waals surface area contributed by atoms with E-state index in [1.54, 1.807) is 0 Å². The second-order valence-electron chi connectivity index (χ2n) is 6.32. The molecule has 0 rings (SSSR count). The summed E-state index contributed by atoms with van der Waals surface area (Å²) in [6.07, 6.45) is 2.65. The molecule has 1 heteroatoms. The van der Waals surface area contributed by atoms with Crippen LogP contribution in [0.2, 0.25) is 0 Å². The molecular weight excluding hydrogens is 224 g/mol. The molecule has 0 saturated heterocycles. The highest BCUT2D eigenvalue weighted by molar-refractivity contribution is 9.09. The van der Waals surface area contributed by atoms with Crippen molar-refractivity contribution >= 4 is 15.9 Å². The van der Waals surface area contributed by atoms with E-state index in [0.717, 1.165) is 11.2 Å². The van der Waals surface area contributed by atoms with E-state index in [0.29, 0.717) is 10.8 Å². The maximum atomic E-state index is 3.62. The maximum absolute atomic E-state index is 3.62. The minimum absolute atomic E-state index is 0.439. The quantitative estimate of drug-likeness (QED) is 0.626. The first kappa shape index (κ1) is 13.5. The Bertz CT molecular complexity index is 136. The Morgan fingerprint density at radius 2 is 1.46 bits per heavy atom. The Morgan fingerprint density at radius 1 is 1.00 bits per heavy atom. The summed E-state index contributed by atoms with van der Waals surface area (Å²) in [6, 6.07) is 0. The van der Waals surface area contributed by atoms with Gasteiger partial charge in [-0.2, -0.15) is 0 Å². The molecule has 0 fully saturated rings. The first-order valence-corrected chi connectivity index (χ1v) is 6.35. The van der Waals surface area contributed by atoms with E-state index >= 15 is 0 Å². The SMILES string of the molecule is CC(C)(C)CCC(CBr)C(C)(C)C. The van der Waals surface area contributed by atoms with Gasteiger partial charge in [0.25, 0.3) is 0 Å². The van der Waals surface area contributed by atoms with Crippen LogP contribution >= 0.6 is 15.9 Å². The minimum Gasteiger partial charge on any atom is -0.0925 e. The molecule has 0 heterocycles. The Balaban J connectivity index is 4.02. The molecule has 0 nitrogen and oxygen atoms in total. The van der Waals surface area contributed by atoms with Gasteiger partial charge in [0.1, 0.15) is 0 Å². The summed E-state index contributed by atoms with van der Waals surface area (Å²) in [6.45, 7) is 14.0. The summed E-state index contributed by atoms with van der Waals surface area (Å²) in [5.41, 5.74) is 0.917. The summed E-state index contributed by atoms with van der Waals surface area (Å²) < 4.78 is 0. The van der Waals surface area contributed by atoms with Crippen molar-refractivity contribution in [3.63, 3.8) is 0 Å². The van der Waals surface area contributed by atoms with Crippen LogP contribution in [0.4, 0.5) is 0 Å². The van der Waals surface area contributed by atoms with E-state index in [1.165, 1.54) is 12.8 Å². The maximum Gasteiger partial charge on any atom is 0.00646 e. The standard InChI is InChI=1S/C12H25Br/c1-11(2,3)8-7-10(9-13)12(4,5)6/h10H,7-9H2,1-6H3. The molecular formula is C12H25Br. The molecule has 80 valence electrons. The first-order chi connectivity index (χ1) is 5.67. The van der Waals surface area contributed by atoms with Crippen LogP contribution in [-0.2, 0) is 0 Å². The van der Waals surface area contributed by atoms with E-state index in [9.17, 15) is 0 Å². The average Bonchev–Trinajstić information content (AvgIpc) is 1.82. The van der Waals surface area contributed by atoms with Crippen LogP contribution in [0.3, 0.4) is 0 Å². The van der Waals surface area contributed by atoms with Gasteiger partial charge in [0.2, 0.25) is 0 Å². The van der Waals surface area contributed by atoms with Crippen molar-refractivity contribution in [2.24, 2.45) is 16.7 Å². The van der Waals surface area contributed by atoms with Crippen molar-refractivity contribution in [3.05, 3.63) is 0 Å². The summed E-state index contributed by atoms with van der Waals surface area (Å²) in [7, 11) is 0. The van der Waals surface area contributed by atoms with Gasteiger partial charge in [0.05, 0.1) is 0 Å². The molecule has 1 atom stereocenters. The molecule has 0 amide bonds. The normalized spacial score (nSPS) is 15.9. The van der Waals surface area contributed by atoms with Gasteiger partial charge in [-0.15, -0.1) is 0 Å². The molecule has 0 aromatic heterocycles. The van der Waals surface area contributed by atoms with Gasteiger partial charge in [-0.1, -0.05) is 57.5 Å². The summed E-state index contributed by atoms with van der Waals surface area (Å²) in [5, 5.41) is 1.13. The fourth-order valence-corrected chi connectivity index (χ4v) is 2.64. The summed E-state index contributed by atoms with van der Waals surface area (Å²) >= 11 is 3.62. The average molecular weight is 249 g/mol. The van der Waals surface area contributed by atoms with E-state index in [4.69, 9.17) is 0 Å². The second kappa shape index (κ2) is 4.82. The topological polar surface area (TPSA) is 0 Å². The fraction of sp³-hybridized carbons (Fsp3) is 1.00. The minimum atomic E-state index is 0.439. The van der Waals surface area contributed by atoms with Crippen LogP contribution in [0.25, 0.3) is 0 Å². The van der Waals surface area contributed by atoms with Gasteiger partial charge >= 0.3 is 0 Å². The smallest absolute Gasteiger partial charge is 0.00646 e. The third-order valence-corrected chi connectivity index (χ3v) is 3.44. The molecule has 0 aliphatic heterocycles. The van der Waals surface area contributed by atoms with Gasteiger partial charge in [-0.25, -0.2) is 0 Å². The van der Waals surface area contributed by atoms with Crippen molar-refractivity contribution in [3.8, 4) is 0 Å². The van der Waals surface area contributed by atoms with Crippen LogP contribution in [0.15, 0.2) is 0 Å². The number of hydrogen-bond acceptors (Lipinski definition) is 0. The molecule has 0 radical (unpaired) electrons. The Morgan fingerprint density at radius 3 is 1.69 bits per heavy atom. The third kappa shape index (κ3) is 6.54. The zero-order chi connectivity index (χ0) is 10.7. The predicted molar refractivity (Wildman–Crippen MR) is 65.4 cm³/mol. The molecule has 13 heavy (non-hydrogen) atoms. The molecule has 0 aromatic carbocycles. The zero-order valence-corrected chi connectivity index (χ0v) is 11.7. The van der Waals surface area contributed by atoms with Crippen LogP contribution in [-0.4, -0.2) is 5.33 Å². The highest BCUT2D eigenvalue weighted by Crippen LogP contribution is 2.34. The molecule has 0 spiro atoms. The van der Waals surface area contributed by atoms with Gasteiger partial charge in [0, 0.05) is 5.33 Å². The highest BCUT2D eigenvalue weighted by atomic mass is 79.9. The molecule has 0 aliphatic rings. The third-order valence-electron chi connectivity index (χ3n) is 2.65. The van der Waals surface area contributed by atoms with Crippen LogP contribution in [0.1, 0.15) is 54.4 Å². The monoisotopic (exact) mass is 248 g/mol. The van der Waals surface area contributed by atoms with Crippen molar-refractivity contribution in [1.29, 1.82) is 0 Å². The van der Waals surface area contributed by atoms with E-state index in [-0.39, 0.29) is 0 Å². The van der Waals surface area contributed by atoms with Gasteiger partial charge < -0.3 is 0 Å². The number of rotatable bonds is 3. The molecule has 0 saturated carbocycles. The van der Waals surface area contributed by atoms with Crippen molar-refractivity contribution in [1.82, 2.24) is 0 Å². The lowest BCUT2D eigenvalue weighted by atomic mass is 9.76. The molecule has 0 bridgehead atoms. The van der Waals surface area contributed by atoms with Crippen LogP contribution in [0.5, 0.6) is 0 Å². The van der Waals surface area contributed by atoms with Gasteiger partial charge in [-0.05, 0) is 29.6 Å². The molecule has 0 N–H and O–H groups in total. The van der Waals surface area contributed by atoms with Crippen molar-refractivity contribution in [2.75, 3.05) is 5.33 Å². The molecule has 1 unspecified atom stereocenters. The van der Waals surface area contributed by atoms with E-state index < -0.39 is 0 Å². The zero-order valence-electron chi connectivity index (χ0n) is 10.1. The fourth-order valence-electron chi connectivity index (χ4n) is 1.35. The van der Waals surface area contributed by atoms with E-state index in [2.05, 4.69) is 57.5 Å². The van der Waals surface area contributed by atoms with Gasteiger partial charge in [0.15, 0.2) is 0 Å². The lowest BCUT2D eigenvalue weighted by Gasteiger charge is -2.31. The number of halogens is 1. The van der Waals surface area contributed by atoms with Crippen LogP contribution < -0.4 is 0 Å². The van der Waals surface area contributed by atoms with E-state index in [1.807, 2.05) is 0 Å². The molecule has 0 aliphatic carbocycles. The molecule has 0 aromatic rings. The predicted octanol–water partition coefficient (Wildman–Crippen LogP) is 4.87. The lowest BCUT2D eigenvalue weighted by molar-refractivity contribution is 0.219. The highest BCUT2D eigenvalue weighted by Gasteiger charge is 2.24. The first-order valence-electron chi connectivity index (χ1n) is 5.23. The summed E-state index contributed by atoms with van der Waals surface area (Å²) in [4.78, 5) is 0. The van der Waals surface area contributed by atoms with Gasteiger partial charge in [-0.3, -0.25) is 0 Å². The largest absolute Gasteiger partial charge is 0.0925 e. The summed E-state index contributed by atoms with van der Waals surface area (Å²) in [5.74, 6) is 0.798. The number of alkyl halides is 1. The second-order valence-corrected chi connectivity index (χ2v) is 6.96. The number of hydrogen-bond donors (Lipinski definition) is 0. The van der Waals surface area contributed by atoms with Crippen molar-refractivity contribution < 1.29 is 0 Å².